The minimum Gasteiger partial charge on any atom is -0.385 e. The second-order valence-corrected chi connectivity index (χ2v) is 6.88. The Morgan fingerprint density at radius 1 is 1.38 bits per heavy atom. The number of hydrogen-bond donors (Lipinski definition) is 1. The largest absolute Gasteiger partial charge is 0.385 e. The average molecular weight is 238 g/mol. The van der Waals surface area contributed by atoms with Crippen molar-refractivity contribution in [3.8, 4) is 0 Å². The second-order valence-electron chi connectivity index (χ2n) is 6.10. The molecule has 1 nitrogen and oxygen atoms in total. The summed E-state index contributed by atoms with van der Waals surface area (Å²) in [5.74, 6) is 0.378. The Morgan fingerprint density at radius 2 is 2.12 bits per heavy atom. The summed E-state index contributed by atoms with van der Waals surface area (Å²) in [6.07, 6.45) is 4.48. The Morgan fingerprint density at radius 3 is 2.69 bits per heavy atom. The van der Waals surface area contributed by atoms with Crippen molar-refractivity contribution < 1.29 is 5.11 Å². The smallest absolute Gasteiger partial charge is 0.0937 e. The average Bonchev–Trinajstić information content (AvgIpc) is 2.69. The molecule has 0 saturated heterocycles. The minimum atomic E-state index is -0.587. The molecule has 0 radical (unpaired) electrons. The molecule has 1 heterocycles. The summed E-state index contributed by atoms with van der Waals surface area (Å²) in [6, 6.07) is 2.09. The summed E-state index contributed by atoms with van der Waals surface area (Å²) in [7, 11) is 0. The van der Waals surface area contributed by atoms with Gasteiger partial charge in [-0.1, -0.05) is 33.6 Å². The molecule has 1 fully saturated rings. The summed E-state index contributed by atoms with van der Waals surface area (Å²) in [5.41, 5.74) is 0.727. The van der Waals surface area contributed by atoms with E-state index in [0.717, 1.165) is 24.8 Å². The van der Waals surface area contributed by atoms with Gasteiger partial charge in [-0.15, -0.1) is 0 Å². The molecule has 0 amide bonds. The lowest BCUT2D eigenvalue weighted by molar-refractivity contribution is -0.0956. The van der Waals surface area contributed by atoms with Crippen LogP contribution >= 0.6 is 11.3 Å². The zero-order chi connectivity index (χ0) is 11.8. The van der Waals surface area contributed by atoms with Crippen LogP contribution in [0, 0.1) is 11.3 Å². The van der Waals surface area contributed by atoms with Crippen LogP contribution in [0.15, 0.2) is 16.8 Å². The van der Waals surface area contributed by atoms with Gasteiger partial charge in [-0.3, -0.25) is 0 Å². The highest BCUT2D eigenvalue weighted by atomic mass is 32.1. The second kappa shape index (κ2) is 4.15. The van der Waals surface area contributed by atoms with Crippen LogP contribution in [0.25, 0.3) is 0 Å². The molecule has 1 N–H and O–H groups in total. The topological polar surface area (TPSA) is 20.2 Å². The van der Waals surface area contributed by atoms with Gasteiger partial charge in [0, 0.05) is 0 Å². The van der Waals surface area contributed by atoms with E-state index in [-0.39, 0.29) is 5.41 Å². The van der Waals surface area contributed by atoms with Gasteiger partial charge in [-0.25, -0.2) is 0 Å². The lowest BCUT2D eigenvalue weighted by Gasteiger charge is -2.46. The first kappa shape index (κ1) is 12.1. The van der Waals surface area contributed by atoms with Crippen molar-refractivity contribution >= 4 is 11.3 Å². The van der Waals surface area contributed by atoms with E-state index in [2.05, 4.69) is 37.6 Å². The first-order valence-corrected chi connectivity index (χ1v) is 7.14. The third-order valence-electron chi connectivity index (χ3n) is 3.94. The van der Waals surface area contributed by atoms with Gasteiger partial charge < -0.3 is 5.11 Å². The van der Waals surface area contributed by atoms with Gasteiger partial charge in [0.25, 0.3) is 0 Å². The molecule has 1 aliphatic rings. The highest BCUT2D eigenvalue weighted by Gasteiger charge is 2.45. The first-order valence-electron chi connectivity index (χ1n) is 6.19. The Bertz CT molecular complexity index is 336. The molecule has 90 valence electrons. The molecule has 1 aliphatic carbocycles. The van der Waals surface area contributed by atoms with Crippen molar-refractivity contribution in [3.63, 3.8) is 0 Å². The third-order valence-corrected chi connectivity index (χ3v) is 4.63. The van der Waals surface area contributed by atoms with Crippen LogP contribution in [0.5, 0.6) is 0 Å². The summed E-state index contributed by atoms with van der Waals surface area (Å²) in [4.78, 5) is 0. The SMILES string of the molecule is CC(C)(C)C1CCCCC1(O)c1ccsc1. The van der Waals surface area contributed by atoms with Crippen molar-refractivity contribution in [3.05, 3.63) is 22.4 Å². The lowest BCUT2D eigenvalue weighted by Crippen LogP contribution is -2.44. The van der Waals surface area contributed by atoms with E-state index in [4.69, 9.17) is 0 Å². The predicted molar refractivity (Wildman–Crippen MR) is 69.6 cm³/mol. The fourth-order valence-electron chi connectivity index (χ4n) is 3.16. The Balaban J connectivity index is 2.35. The summed E-state index contributed by atoms with van der Waals surface area (Å²) >= 11 is 1.68. The molecule has 0 aliphatic heterocycles. The Kier molecular flexibility index (Phi) is 3.15. The summed E-state index contributed by atoms with van der Waals surface area (Å²) < 4.78 is 0. The monoisotopic (exact) mass is 238 g/mol. The molecule has 1 saturated carbocycles. The Labute approximate surface area is 103 Å². The lowest BCUT2D eigenvalue weighted by atomic mass is 9.62. The molecular formula is C14H22OS. The van der Waals surface area contributed by atoms with Crippen LogP contribution in [0.1, 0.15) is 52.0 Å². The maximum atomic E-state index is 11.0. The molecule has 0 aromatic carbocycles. The van der Waals surface area contributed by atoms with Crippen LogP contribution in [-0.2, 0) is 5.60 Å². The molecule has 2 unspecified atom stereocenters. The van der Waals surface area contributed by atoms with Gasteiger partial charge in [0.15, 0.2) is 0 Å². The zero-order valence-electron chi connectivity index (χ0n) is 10.5. The number of thiophene rings is 1. The number of aliphatic hydroxyl groups is 1. The van der Waals surface area contributed by atoms with Crippen LogP contribution in [0.4, 0.5) is 0 Å². The molecule has 0 bridgehead atoms. The maximum Gasteiger partial charge on any atom is 0.0937 e. The predicted octanol–water partition coefficient (Wildman–Crippen LogP) is 4.17. The van der Waals surface area contributed by atoms with Gasteiger partial charge in [0.2, 0.25) is 0 Å². The van der Waals surface area contributed by atoms with Crippen LogP contribution in [0.2, 0.25) is 0 Å². The number of hydrogen-bond acceptors (Lipinski definition) is 2. The third kappa shape index (κ3) is 2.05. The van der Waals surface area contributed by atoms with Crippen LogP contribution < -0.4 is 0 Å². The van der Waals surface area contributed by atoms with E-state index in [9.17, 15) is 5.11 Å². The fourth-order valence-corrected chi connectivity index (χ4v) is 3.89. The van der Waals surface area contributed by atoms with Crippen molar-refractivity contribution in [1.82, 2.24) is 0 Å². The van der Waals surface area contributed by atoms with Gasteiger partial charge >= 0.3 is 0 Å². The molecular weight excluding hydrogens is 216 g/mol. The van der Waals surface area contributed by atoms with E-state index in [1.54, 1.807) is 11.3 Å². The van der Waals surface area contributed by atoms with Crippen molar-refractivity contribution in [2.45, 2.75) is 52.1 Å². The highest BCUT2D eigenvalue weighted by molar-refractivity contribution is 7.08. The van der Waals surface area contributed by atoms with Crippen LogP contribution in [-0.4, -0.2) is 5.11 Å². The molecule has 16 heavy (non-hydrogen) atoms. The molecule has 1 aromatic heterocycles. The van der Waals surface area contributed by atoms with Gasteiger partial charge in [0.1, 0.15) is 0 Å². The van der Waals surface area contributed by atoms with Crippen LogP contribution in [0.3, 0.4) is 0 Å². The maximum absolute atomic E-state index is 11.0. The molecule has 2 atom stereocenters. The van der Waals surface area contributed by atoms with E-state index in [1.807, 2.05) is 0 Å². The quantitative estimate of drug-likeness (QED) is 0.778. The standard InChI is InChI=1S/C14H22OS/c1-13(2,3)12-6-4-5-8-14(12,15)11-7-9-16-10-11/h7,9-10,12,15H,4-6,8H2,1-3H3. The minimum absolute atomic E-state index is 0.178. The van der Waals surface area contributed by atoms with Gasteiger partial charge in [-0.05, 0) is 46.6 Å². The normalized spacial score (nSPS) is 31.6. The highest BCUT2D eigenvalue weighted by Crippen LogP contribution is 2.49. The van der Waals surface area contributed by atoms with Crippen molar-refractivity contribution in [2.75, 3.05) is 0 Å². The first-order chi connectivity index (χ1) is 7.44. The molecule has 2 heteroatoms. The Hall–Kier alpha value is -0.340. The van der Waals surface area contributed by atoms with E-state index >= 15 is 0 Å². The van der Waals surface area contributed by atoms with Crippen molar-refractivity contribution in [1.29, 1.82) is 0 Å². The fraction of sp³-hybridized carbons (Fsp3) is 0.714. The zero-order valence-corrected chi connectivity index (χ0v) is 11.3. The molecule has 0 spiro atoms. The van der Waals surface area contributed by atoms with Gasteiger partial charge in [-0.2, -0.15) is 11.3 Å². The van der Waals surface area contributed by atoms with E-state index < -0.39 is 5.60 Å². The van der Waals surface area contributed by atoms with E-state index in [0.29, 0.717) is 5.92 Å². The summed E-state index contributed by atoms with van der Waals surface area (Å²) in [6.45, 7) is 6.75. The summed E-state index contributed by atoms with van der Waals surface area (Å²) in [5, 5.41) is 15.2. The number of rotatable bonds is 1. The van der Waals surface area contributed by atoms with E-state index in [1.165, 1.54) is 6.42 Å². The molecule has 1 aromatic rings. The molecule has 2 rings (SSSR count). The van der Waals surface area contributed by atoms with Crippen molar-refractivity contribution in [2.24, 2.45) is 11.3 Å². The van der Waals surface area contributed by atoms with Gasteiger partial charge in [0.05, 0.1) is 5.60 Å².